The molecule has 1 aromatic carbocycles. The molecular weight excluding hydrogens is 210 g/mol. The van der Waals surface area contributed by atoms with Crippen molar-refractivity contribution in [3.05, 3.63) is 47.8 Å². The van der Waals surface area contributed by atoms with Crippen LogP contribution in [-0.2, 0) is 0 Å². The fourth-order valence-electron chi connectivity index (χ4n) is 1.98. The van der Waals surface area contributed by atoms with Crippen LogP contribution in [0.4, 0.5) is 0 Å². The molecule has 84 valence electrons. The summed E-state index contributed by atoms with van der Waals surface area (Å²) in [6, 6.07) is 8.31. The molecule has 0 amide bonds. The Labute approximate surface area is 99.5 Å². The summed E-state index contributed by atoms with van der Waals surface area (Å²) in [7, 11) is 0. The van der Waals surface area contributed by atoms with Crippen LogP contribution in [0, 0.1) is 13.8 Å². The van der Waals surface area contributed by atoms with Crippen LogP contribution in [-0.4, -0.2) is 15.0 Å². The second kappa shape index (κ2) is 3.70. The molecule has 2 heterocycles. The maximum Gasteiger partial charge on any atom is 0.138 e. The molecule has 3 aromatic rings. The van der Waals surface area contributed by atoms with E-state index in [1.807, 2.05) is 6.07 Å². The monoisotopic (exact) mass is 223 g/mol. The molecule has 0 atom stereocenters. The van der Waals surface area contributed by atoms with Gasteiger partial charge in [0, 0.05) is 11.8 Å². The quantitative estimate of drug-likeness (QED) is 0.688. The van der Waals surface area contributed by atoms with Crippen LogP contribution in [0.25, 0.3) is 22.4 Å². The van der Waals surface area contributed by atoms with Gasteiger partial charge in [-0.2, -0.15) is 0 Å². The molecule has 3 nitrogen and oxygen atoms in total. The fraction of sp³-hybridized carbons (Fsp3) is 0.143. The predicted molar refractivity (Wildman–Crippen MR) is 68.8 cm³/mol. The zero-order valence-electron chi connectivity index (χ0n) is 9.86. The van der Waals surface area contributed by atoms with E-state index in [1.165, 1.54) is 11.1 Å². The van der Waals surface area contributed by atoms with E-state index in [1.54, 1.807) is 12.4 Å². The number of fused-ring (bicyclic) bond motifs is 1. The molecule has 2 aromatic heterocycles. The van der Waals surface area contributed by atoms with Crippen molar-refractivity contribution in [2.24, 2.45) is 0 Å². The third-order valence-electron chi connectivity index (χ3n) is 2.93. The average molecular weight is 223 g/mol. The van der Waals surface area contributed by atoms with Crippen LogP contribution < -0.4 is 0 Å². The third kappa shape index (κ3) is 1.69. The average Bonchev–Trinajstić information content (AvgIpc) is 2.75. The topological polar surface area (TPSA) is 41.6 Å². The van der Waals surface area contributed by atoms with E-state index in [-0.39, 0.29) is 0 Å². The Morgan fingerprint density at radius 3 is 2.82 bits per heavy atom. The SMILES string of the molecule is Cc1ccc(C)c(-c2nc3ccncc3[nH]2)c1. The molecule has 17 heavy (non-hydrogen) atoms. The normalized spacial score (nSPS) is 10.9. The lowest BCUT2D eigenvalue weighted by Gasteiger charge is -2.03. The Morgan fingerprint density at radius 2 is 2.00 bits per heavy atom. The molecule has 0 unspecified atom stereocenters. The van der Waals surface area contributed by atoms with Crippen molar-refractivity contribution < 1.29 is 0 Å². The van der Waals surface area contributed by atoms with E-state index in [9.17, 15) is 0 Å². The highest BCUT2D eigenvalue weighted by atomic mass is 14.9. The van der Waals surface area contributed by atoms with Gasteiger partial charge in [-0.15, -0.1) is 0 Å². The molecule has 0 aliphatic heterocycles. The number of aromatic amines is 1. The summed E-state index contributed by atoms with van der Waals surface area (Å²) in [5, 5.41) is 0. The molecule has 3 heteroatoms. The molecule has 1 N–H and O–H groups in total. The zero-order chi connectivity index (χ0) is 11.8. The molecule has 0 aliphatic rings. The van der Waals surface area contributed by atoms with Gasteiger partial charge < -0.3 is 4.98 Å². The number of benzene rings is 1. The van der Waals surface area contributed by atoms with Crippen LogP contribution in [0.15, 0.2) is 36.7 Å². The summed E-state index contributed by atoms with van der Waals surface area (Å²) in [6.07, 6.45) is 3.56. The van der Waals surface area contributed by atoms with E-state index in [2.05, 4.69) is 47.0 Å². The van der Waals surface area contributed by atoms with E-state index in [0.29, 0.717) is 0 Å². The van der Waals surface area contributed by atoms with Crippen molar-refractivity contribution >= 4 is 11.0 Å². The van der Waals surface area contributed by atoms with Gasteiger partial charge in [0.15, 0.2) is 0 Å². The Hall–Kier alpha value is -2.16. The van der Waals surface area contributed by atoms with Crippen molar-refractivity contribution in [3.63, 3.8) is 0 Å². The standard InChI is InChI=1S/C14H13N3/c1-9-3-4-10(2)11(7-9)14-16-12-5-6-15-8-13(12)17-14/h3-8H,1-2H3,(H,16,17). The number of rotatable bonds is 1. The van der Waals surface area contributed by atoms with Gasteiger partial charge in [0.25, 0.3) is 0 Å². The van der Waals surface area contributed by atoms with Gasteiger partial charge in [-0.3, -0.25) is 4.98 Å². The highest BCUT2D eigenvalue weighted by molar-refractivity contribution is 5.79. The number of hydrogen-bond acceptors (Lipinski definition) is 2. The van der Waals surface area contributed by atoms with Crippen LogP contribution >= 0.6 is 0 Å². The van der Waals surface area contributed by atoms with Crippen molar-refractivity contribution in [2.45, 2.75) is 13.8 Å². The van der Waals surface area contributed by atoms with Crippen molar-refractivity contribution in [2.75, 3.05) is 0 Å². The minimum absolute atomic E-state index is 0.911. The molecule has 0 radical (unpaired) electrons. The Kier molecular flexibility index (Phi) is 2.18. The number of nitrogens with zero attached hydrogens (tertiary/aromatic N) is 2. The summed E-state index contributed by atoms with van der Waals surface area (Å²) < 4.78 is 0. The minimum atomic E-state index is 0.911. The minimum Gasteiger partial charge on any atom is -0.337 e. The number of imidazole rings is 1. The second-order valence-corrected chi connectivity index (χ2v) is 4.30. The summed E-state index contributed by atoms with van der Waals surface area (Å²) in [5.74, 6) is 0.911. The lowest BCUT2D eigenvalue weighted by atomic mass is 10.1. The van der Waals surface area contributed by atoms with Crippen LogP contribution in [0.1, 0.15) is 11.1 Å². The van der Waals surface area contributed by atoms with Gasteiger partial charge in [-0.1, -0.05) is 17.7 Å². The highest BCUT2D eigenvalue weighted by Gasteiger charge is 2.07. The third-order valence-corrected chi connectivity index (χ3v) is 2.93. The Bertz CT molecular complexity index is 650. The molecule has 0 spiro atoms. The zero-order valence-corrected chi connectivity index (χ0v) is 9.86. The summed E-state index contributed by atoms with van der Waals surface area (Å²) in [5.41, 5.74) is 5.55. The number of aromatic nitrogens is 3. The molecule has 0 aliphatic carbocycles. The molecular formula is C14H13N3. The second-order valence-electron chi connectivity index (χ2n) is 4.30. The lowest BCUT2D eigenvalue weighted by Crippen LogP contribution is -1.86. The maximum atomic E-state index is 4.59. The van der Waals surface area contributed by atoms with Gasteiger partial charge >= 0.3 is 0 Å². The summed E-state index contributed by atoms with van der Waals surface area (Å²) >= 11 is 0. The predicted octanol–water partition coefficient (Wildman–Crippen LogP) is 3.24. The van der Waals surface area contributed by atoms with Gasteiger partial charge in [-0.25, -0.2) is 4.98 Å². The molecule has 0 bridgehead atoms. The van der Waals surface area contributed by atoms with Crippen molar-refractivity contribution in [1.29, 1.82) is 0 Å². The summed E-state index contributed by atoms with van der Waals surface area (Å²) in [6.45, 7) is 4.19. The first-order chi connectivity index (χ1) is 8.24. The number of H-pyrrole nitrogens is 1. The summed E-state index contributed by atoms with van der Waals surface area (Å²) in [4.78, 5) is 12.0. The van der Waals surface area contributed by atoms with Gasteiger partial charge in [-0.05, 0) is 31.5 Å². The first-order valence-electron chi connectivity index (χ1n) is 5.61. The number of nitrogens with one attached hydrogen (secondary N) is 1. The van der Waals surface area contributed by atoms with E-state index in [4.69, 9.17) is 0 Å². The van der Waals surface area contributed by atoms with Gasteiger partial charge in [0.05, 0.1) is 17.2 Å². The maximum absolute atomic E-state index is 4.59. The first-order valence-corrected chi connectivity index (χ1v) is 5.61. The van der Waals surface area contributed by atoms with Crippen molar-refractivity contribution in [1.82, 2.24) is 15.0 Å². The van der Waals surface area contributed by atoms with Crippen LogP contribution in [0.2, 0.25) is 0 Å². The fourth-order valence-corrected chi connectivity index (χ4v) is 1.98. The van der Waals surface area contributed by atoms with E-state index >= 15 is 0 Å². The van der Waals surface area contributed by atoms with Crippen LogP contribution in [0.5, 0.6) is 0 Å². The Balaban J connectivity index is 2.23. The smallest absolute Gasteiger partial charge is 0.138 e. The highest BCUT2D eigenvalue weighted by Crippen LogP contribution is 2.23. The number of hydrogen-bond donors (Lipinski definition) is 1. The van der Waals surface area contributed by atoms with E-state index in [0.717, 1.165) is 22.4 Å². The van der Waals surface area contributed by atoms with E-state index < -0.39 is 0 Å². The number of pyridine rings is 1. The number of aryl methyl sites for hydroxylation is 2. The van der Waals surface area contributed by atoms with Crippen molar-refractivity contribution in [3.8, 4) is 11.4 Å². The largest absolute Gasteiger partial charge is 0.337 e. The lowest BCUT2D eigenvalue weighted by molar-refractivity contribution is 1.29. The van der Waals surface area contributed by atoms with Gasteiger partial charge in [0.2, 0.25) is 0 Å². The molecule has 0 saturated carbocycles. The molecule has 0 saturated heterocycles. The Morgan fingerprint density at radius 1 is 1.12 bits per heavy atom. The molecule has 3 rings (SSSR count). The first kappa shape index (κ1) is 10.0. The van der Waals surface area contributed by atoms with Gasteiger partial charge in [0.1, 0.15) is 5.82 Å². The molecule has 0 fully saturated rings. The van der Waals surface area contributed by atoms with Crippen LogP contribution in [0.3, 0.4) is 0 Å².